The molecule has 0 atom stereocenters. The molecule has 3 aromatic rings. The Labute approximate surface area is 271 Å². The van der Waals surface area contributed by atoms with Crippen LogP contribution in [-0.4, -0.2) is 40.6 Å². The fourth-order valence-corrected chi connectivity index (χ4v) is 7.10. The van der Waals surface area contributed by atoms with Gasteiger partial charge in [-0.25, -0.2) is 9.97 Å². The Balaban J connectivity index is 0.000000854. The summed E-state index contributed by atoms with van der Waals surface area (Å²) in [5.74, 6) is 0. The van der Waals surface area contributed by atoms with Crippen molar-refractivity contribution in [2.45, 2.75) is 107 Å². The molecular weight excluding hydrogens is 683 g/mol. The van der Waals surface area contributed by atoms with Crippen molar-refractivity contribution in [1.82, 2.24) is 19.9 Å². The minimum atomic E-state index is -7.18. The Morgan fingerprint density at radius 3 is 0.911 bits per heavy atom. The summed E-state index contributed by atoms with van der Waals surface area (Å²) in [7, 11) is 0. The fraction of sp³-hybridized carbons (Fsp3) is 0.444. The van der Waals surface area contributed by atoms with Crippen molar-refractivity contribution < 1.29 is 11.5 Å². The predicted molar refractivity (Wildman–Crippen MR) is 183 cm³/mol. The Bertz CT molecular complexity index is 1660. The van der Waals surface area contributed by atoms with Crippen LogP contribution in [0.25, 0.3) is 44.4 Å². The number of H-pyrrole nitrogens is 2. The second kappa shape index (κ2) is 14.7. The molecule has 0 fully saturated rings. The first kappa shape index (κ1) is 35.0. The number of hydrogen-bond donors (Lipinski definition) is 2. The molecule has 0 spiro atoms. The zero-order chi connectivity index (χ0) is 33.1. The zero-order valence-corrected chi connectivity index (χ0v) is 30.7. The number of nitrogens with one attached hydrogen (secondary N) is 2. The number of aromatic amines is 2. The Hall–Kier alpha value is -2.88. The zero-order valence-electron chi connectivity index (χ0n) is 27.9. The van der Waals surface area contributed by atoms with Crippen molar-refractivity contribution in [3.63, 3.8) is 0 Å². The summed E-state index contributed by atoms with van der Waals surface area (Å²) in [4.78, 5) is 18.2. The molecule has 5 heterocycles. The van der Waals surface area contributed by atoms with E-state index in [1.54, 1.807) is 0 Å². The number of allylic oxidation sites excluding steroid dienone is 4. The van der Waals surface area contributed by atoms with Crippen LogP contribution < -0.4 is 0 Å². The van der Waals surface area contributed by atoms with Crippen LogP contribution in [0.1, 0.15) is 126 Å². The molecule has 45 heavy (non-hydrogen) atoms. The molecule has 2 N–H and O–H groups in total. The molecular formula is C36H46F4N4Sn. The summed E-state index contributed by atoms with van der Waals surface area (Å²) in [6.45, 7) is 18.1. The molecule has 0 aliphatic carbocycles. The van der Waals surface area contributed by atoms with E-state index < -0.39 is 20.7 Å². The SMILES string of the molecule is CCC1=C(CC)c2cc3[nH]c(cc4[nH]c(cc5nc(cc1n2)C(CC)=C5CC)c(CC)c4CC)c(CC)c3CC.[F][Sn]([F])([F])[F]. The molecule has 2 aliphatic heterocycles. The topological polar surface area (TPSA) is 57.4 Å². The molecule has 9 heteroatoms. The molecule has 0 saturated carbocycles. The van der Waals surface area contributed by atoms with E-state index in [1.807, 2.05) is 0 Å². The summed E-state index contributed by atoms with van der Waals surface area (Å²) >= 11 is -7.18. The van der Waals surface area contributed by atoms with Crippen LogP contribution in [0.5, 0.6) is 0 Å². The summed E-state index contributed by atoms with van der Waals surface area (Å²) in [6.07, 6.45) is 7.84. The summed E-state index contributed by atoms with van der Waals surface area (Å²) in [6, 6.07) is 9.24. The van der Waals surface area contributed by atoms with Gasteiger partial charge in [0.05, 0.1) is 22.8 Å². The van der Waals surface area contributed by atoms with E-state index in [2.05, 4.69) is 89.6 Å². The van der Waals surface area contributed by atoms with Crippen LogP contribution in [0.15, 0.2) is 24.3 Å². The Morgan fingerprint density at radius 2 is 0.667 bits per heavy atom. The molecule has 0 aromatic carbocycles. The molecule has 0 unspecified atom stereocenters. The number of fused-ring (bicyclic) bond motifs is 8. The second-order valence-electron chi connectivity index (χ2n) is 11.3. The van der Waals surface area contributed by atoms with Gasteiger partial charge in [-0.1, -0.05) is 55.4 Å². The average Bonchev–Trinajstić information content (AvgIpc) is 3.71. The van der Waals surface area contributed by atoms with Crippen LogP contribution in [0, 0.1) is 0 Å². The van der Waals surface area contributed by atoms with E-state index >= 15 is 0 Å². The van der Waals surface area contributed by atoms with Gasteiger partial charge in [0, 0.05) is 22.1 Å². The number of hydrogen-bond acceptors (Lipinski definition) is 2. The average molecular weight is 729 g/mol. The number of aromatic nitrogens is 4. The second-order valence-corrected chi connectivity index (χ2v) is 13.8. The molecule has 0 amide bonds. The fourth-order valence-electron chi connectivity index (χ4n) is 7.10. The molecule has 242 valence electrons. The van der Waals surface area contributed by atoms with Crippen LogP contribution in [0.4, 0.5) is 11.5 Å². The van der Waals surface area contributed by atoms with Crippen LogP contribution in [-0.2, 0) is 25.7 Å². The molecule has 4 nitrogen and oxygen atoms in total. The van der Waals surface area contributed by atoms with Crippen molar-refractivity contribution in [3.05, 3.63) is 69.3 Å². The molecule has 5 rings (SSSR count). The van der Waals surface area contributed by atoms with Crippen LogP contribution in [0.2, 0.25) is 0 Å². The number of rotatable bonds is 8. The van der Waals surface area contributed by atoms with E-state index in [1.165, 1.54) is 66.6 Å². The number of nitrogens with zero attached hydrogens (tertiary/aromatic N) is 2. The third-order valence-corrected chi connectivity index (χ3v) is 8.97. The van der Waals surface area contributed by atoms with E-state index in [0.717, 1.165) is 74.1 Å². The van der Waals surface area contributed by atoms with Crippen molar-refractivity contribution in [1.29, 1.82) is 0 Å². The third-order valence-electron chi connectivity index (χ3n) is 8.97. The molecule has 0 saturated heterocycles. The van der Waals surface area contributed by atoms with Gasteiger partial charge in [-0.2, -0.15) is 0 Å². The van der Waals surface area contributed by atoms with Crippen molar-refractivity contribution in [2.24, 2.45) is 0 Å². The van der Waals surface area contributed by atoms with Crippen LogP contribution >= 0.6 is 0 Å². The minimum absolute atomic E-state index is 0.965. The van der Waals surface area contributed by atoms with Gasteiger partial charge >= 0.3 is 32.1 Å². The summed E-state index contributed by atoms with van der Waals surface area (Å²) in [5.41, 5.74) is 20.2. The van der Waals surface area contributed by atoms with Crippen molar-refractivity contribution in [2.75, 3.05) is 0 Å². The van der Waals surface area contributed by atoms with Gasteiger partial charge in [-0.3, -0.25) is 0 Å². The first-order valence-corrected chi connectivity index (χ1v) is 20.8. The maximum atomic E-state index is 9.90. The number of aryl methyl sites for hydroxylation is 4. The van der Waals surface area contributed by atoms with Gasteiger partial charge in [-0.05, 0) is 120 Å². The van der Waals surface area contributed by atoms with Gasteiger partial charge < -0.3 is 9.97 Å². The Kier molecular flexibility index (Phi) is 11.4. The molecule has 8 bridgehead atoms. The van der Waals surface area contributed by atoms with Gasteiger partial charge in [0.2, 0.25) is 0 Å². The van der Waals surface area contributed by atoms with Gasteiger partial charge in [0.25, 0.3) is 0 Å². The van der Waals surface area contributed by atoms with Gasteiger partial charge in [0.1, 0.15) is 0 Å². The predicted octanol–water partition coefficient (Wildman–Crippen LogP) is 11.3. The normalized spacial score (nSPS) is 13.4. The van der Waals surface area contributed by atoms with Gasteiger partial charge in [0.15, 0.2) is 0 Å². The van der Waals surface area contributed by atoms with E-state index in [-0.39, 0.29) is 0 Å². The summed E-state index contributed by atoms with van der Waals surface area (Å²) in [5, 5.41) is 0. The first-order valence-electron chi connectivity index (χ1n) is 16.4. The van der Waals surface area contributed by atoms with Crippen molar-refractivity contribution in [3.8, 4) is 0 Å². The molecule has 3 aromatic heterocycles. The first-order chi connectivity index (χ1) is 21.5. The molecule has 0 radical (unpaired) electrons. The van der Waals surface area contributed by atoms with Crippen LogP contribution in [0.3, 0.4) is 0 Å². The number of halogens is 4. The van der Waals surface area contributed by atoms with Crippen molar-refractivity contribution >= 4 is 65.0 Å². The monoisotopic (exact) mass is 730 g/mol. The molecule has 2 aliphatic rings. The van der Waals surface area contributed by atoms with E-state index in [0.29, 0.717) is 0 Å². The summed E-state index contributed by atoms with van der Waals surface area (Å²) < 4.78 is 39.6. The van der Waals surface area contributed by atoms with E-state index in [4.69, 9.17) is 9.97 Å². The standard InChI is InChI=1S/C36H46N4.4FH.Sn/c1-9-21-22(10-2)30-18-32-25(13-5)26(14-6)34(39-32)20-36-28(16-8)27(15-7)35(40-36)19-33-24(12-4)23(11-3)31(38-33)17-29(21)37-30;;;;;/h17-20,37-38H,9-16H2,1-8H3;4*1H;/q;;;;;+4/p-4. The van der Waals surface area contributed by atoms with E-state index in [9.17, 15) is 11.5 Å². The third kappa shape index (κ3) is 7.26. The van der Waals surface area contributed by atoms with Gasteiger partial charge in [-0.15, -0.1) is 0 Å². The maximum absolute atomic E-state index is 9.90. The Morgan fingerprint density at radius 1 is 0.422 bits per heavy atom. The quantitative estimate of drug-likeness (QED) is 0.179.